The Labute approximate surface area is 153 Å². The van der Waals surface area contributed by atoms with Gasteiger partial charge in [-0.05, 0) is 42.9 Å². The maximum Gasteiger partial charge on any atom is 0.291 e. The lowest BCUT2D eigenvalue weighted by molar-refractivity contribution is 0.0263. The summed E-state index contributed by atoms with van der Waals surface area (Å²) < 4.78 is 6.09. The van der Waals surface area contributed by atoms with E-state index in [1.54, 1.807) is 18.5 Å². The van der Waals surface area contributed by atoms with Crippen LogP contribution in [0.15, 0.2) is 36.9 Å². The average Bonchev–Trinajstić information content (AvgIpc) is 3.19. The summed E-state index contributed by atoms with van der Waals surface area (Å²) in [5.74, 6) is 0.724. The molecule has 6 heteroatoms. The molecule has 2 atom stereocenters. The predicted molar refractivity (Wildman–Crippen MR) is 96.3 cm³/mol. The fourth-order valence-electron chi connectivity index (χ4n) is 4.42. The largest absolute Gasteiger partial charge is 0.376 e. The molecule has 1 aliphatic heterocycles. The number of hydrogen-bond acceptors (Lipinski definition) is 5. The van der Waals surface area contributed by atoms with Crippen molar-refractivity contribution in [1.29, 1.82) is 0 Å². The van der Waals surface area contributed by atoms with Gasteiger partial charge in [0.1, 0.15) is 0 Å². The van der Waals surface area contributed by atoms with Crippen molar-refractivity contribution >= 4 is 5.91 Å². The van der Waals surface area contributed by atoms with Crippen LogP contribution in [0, 0.1) is 18.3 Å². The first-order valence-electron chi connectivity index (χ1n) is 9.21. The molecule has 4 rings (SSSR count). The number of aryl methyl sites for hydroxylation is 1. The minimum atomic E-state index is -0.0674. The molecule has 0 spiro atoms. The fourth-order valence-corrected chi connectivity index (χ4v) is 4.42. The van der Waals surface area contributed by atoms with Crippen LogP contribution < -0.4 is 0 Å². The zero-order valence-electron chi connectivity index (χ0n) is 15.1. The lowest BCUT2D eigenvalue weighted by atomic mass is 9.81. The standard InChI is InChI=1S/C20H24N4O2/c1-15-8-16(10-21-9-15)12-26-14-20-5-2-4-17(20)11-24(13-20)19(25)18-22-6-3-7-23-18/h3,6-10,17H,2,4-5,11-14H2,1H3/t17-,20+/m1/s1. The van der Waals surface area contributed by atoms with Crippen LogP contribution in [0.2, 0.25) is 0 Å². The maximum absolute atomic E-state index is 12.7. The fraction of sp³-hybridized carbons (Fsp3) is 0.500. The van der Waals surface area contributed by atoms with Crippen molar-refractivity contribution in [2.45, 2.75) is 32.8 Å². The zero-order valence-corrected chi connectivity index (χ0v) is 15.1. The second-order valence-corrected chi connectivity index (χ2v) is 7.57. The van der Waals surface area contributed by atoms with Crippen LogP contribution in [-0.4, -0.2) is 45.5 Å². The van der Waals surface area contributed by atoms with Crippen molar-refractivity contribution in [3.63, 3.8) is 0 Å². The second kappa shape index (κ2) is 7.11. The number of pyridine rings is 1. The minimum Gasteiger partial charge on any atom is -0.376 e. The van der Waals surface area contributed by atoms with E-state index in [0.717, 1.165) is 37.1 Å². The number of aromatic nitrogens is 3. The number of rotatable bonds is 5. The number of amides is 1. The summed E-state index contributed by atoms with van der Waals surface area (Å²) in [6.07, 6.45) is 10.4. The summed E-state index contributed by atoms with van der Waals surface area (Å²) >= 11 is 0. The van der Waals surface area contributed by atoms with E-state index >= 15 is 0 Å². The van der Waals surface area contributed by atoms with Crippen LogP contribution >= 0.6 is 0 Å². The van der Waals surface area contributed by atoms with Crippen LogP contribution in [0.1, 0.15) is 41.0 Å². The summed E-state index contributed by atoms with van der Waals surface area (Å²) in [5, 5.41) is 0. The van der Waals surface area contributed by atoms with Crippen molar-refractivity contribution < 1.29 is 9.53 Å². The van der Waals surface area contributed by atoms with Crippen LogP contribution in [0.3, 0.4) is 0 Å². The third kappa shape index (κ3) is 3.33. The highest BCUT2D eigenvalue weighted by Gasteiger charge is 2.51. The van der Waals surface area contributed by atoms with E-state index in [1.165, 1.54) is 6.42 Å². The third-order valence-electron chi connectivity index (χ3n) is 5.67. The summed E-state index contributed by atoms with van der Waals surface area (Å²) in [6.45, 7) is 4.81. The van der Waals surface area contributed by atoms with E-state index in [9.17, 15) is 4.79 Å². The third-order valence-corrected chi connectivity index (χ3v) is 5.67. The molecule has 2 aromatic heterocycles. The van der Waals surface area contributed by atoms with Crippen molar-refractivity contribution in [3.8, 4) is 0 Å². The molecule has 1 saturated heterocycles. The molecule has 2 fully saturated rings. The SMILES string of the molecule is Cc1cncc(COC[C@@]23CCC[C@@H]2CN(C(=O)c2ncccn2)C3)c1. The Morgan fingerprint density at radius 2 is 2.19 bits per heavy atom. The molecule has 1 amide bonds. The zero-order chi connectivity index (χ0) is 18.0. The molecule has 26 heavy (non-hydrogen) atoms. The number of fused-ring (bicyclic) bond motifs is 1. The van der Waals surface area contributed by atoms with E-state index in [0.29, 0.717) is 19.1 Å². The van der Waals surface area contributed by atoms with E-state index in [1.807, 2.05) is 24.2 Å². The van der Waals surface area contributed by atoms with Gasteiger partial charge in [-0.1, -0.05) is 12.5 Å². The molecule has 2 aliphatic rings. The number of likely N-dealkylation sites (tertiary alicyclic amines) is 1. The first-order valence-corrected chi connectivity index (χ1v) is 9.21. The highest BCUT2D eigenvalue weighted by atomic mass is 16.5. The molecule has 136 valence electrons. The lowest BCUT2D eigenvalue weighted by Crippen LogP contribution is -2.35. The highest BCUT2D eigenvalue weighted by Crippen LogP contribution is 2.49. The van der Waals surface area contributed by atoms with Gasteiger partial charge in [0.05, 0.1) is 13.2 Å². The van der Waals surface area contributed by atoms with E-state index < -0.39 is 0 Å². The Morgan fingerprint density at radius 3 is 3.00 bits per heavy atom. The van der Waals surface area contributed by atoms with Crippen molar-refractivity contribution in [1.82, 2.24) is 19.9 Å². The minimum absolute atomic E-state index is 0.0674. The summed E-state index contributed by atoms with van der Waals surface area (Å²) in [5.41, 5.74) is 2.31. The van der Waals surface area contributed by atoms with Gasteiger partial charge >= 0.3 is 0 Å². The molecule has 1 aliphatic carbocycles. The number of ether oxygens (including phenoxy) is 1. The smallest absolute Gasteiger partial charge is 0.291 e. The second-order valence-electron chi connectivity index (χ2n) is 7.57. The van der Waals surface area contributed by atoms with Crippen LogP contribution in [0.5, 0.6) is 0 Å². The Balaban J connectivity index is 1.41. The van der Waals surface area contributed by atoms with Crippen molar-refractivity contribution in [2.75, 3.05) is 19.7 Å². The Morgan fingerprint density at radius 1 is 1.35 bits per heavy atom. The maximum atomic E-state index is 12.7. The van der Waals surface area contributed by atoms with E-state index in [4.69, 9.17) is 4.74 Å². The Hall–Kier alpha value is -2.34. The first-order chi connectivity index (χ1) is 12.7. The van der Waals surface area contributed by atoms with Crippen molar-refractivity contribution in [3.05, 3.63) is 53.9 Å². The van der Waals surface area contributed by atoms with Gasteiger partial charge in [0, 0.05) is 43.3 Å². The Kier molecular flexibility index (Phi) is 4.68. The van der Waals surface area contributed by atoms with Gasteiger partial charge < -0.3 is 9.64 Å². The summed E-state index contributed by atoms with van der Waals surface area (Å²) in [4.78, 5) is 27.1. The summed E-state index contributed by atoms with van der Waals surface area (Å²) in [7, 11) is 0. The molecule has 0 unspecified atom stereocenters. The van der Waals surface area contributed by atoms with Gasteiger partial charge in [-0.15, -0.1) is 0 Å². The quantitative estimate of drug-likeness (QED) is 0.827. The van der Waals surface area contributed by atoms with Crippen molar-refractivity contribution in [2.24, 2.45) is 11.3 Å². The average molecular weight is 352 g/mol. The van der Waals surface area contributed by atoms with Gasteiger partial charge in [0.2, 0.25) is 5.82 Å². The van der Waals surface area contributed by atoms with Crippen LogP contribution in [0.25, 0.3) is 0 Å². The molecule has 0 aromatic carbocycles. The molecule has 2 aromatic rings. The molecule has 3 heterocycles. The van der Waals surface area contributed by atoms with Crippen LogP contribution in [0.4, 0.5) is 0 Å². The molecule has 1 saturated carbocycles. The molecular weight excluding hydrogens is 328 g/mol. The normalized spacial score (nSPS) is 24.7. The predicted octanol–water partition coefficient (Wildman–Crippen LogP) is 2.64. The first kappa shape index (κ1) is 17.1. The highest BCUT2D eigenvalue weighted by molar-refractivity contribution is 5.90. The number of carbonyl (C=O) groups excluding carboxylic acids is 1. The molecule has 0 radical (unpaired) electrons. The summed E-state index contributed by atoms with van der Waals surface area (Å²) in [6, 6.07) is 3.83. The Bertz CT molecular complexity index is 782. The van der Waals surface area contributed by atoms with Gasteiger partial charge in [0.25, 0.3) is 5.91 Å². The monoisotopic (exact) mass is 352 g/mol. The van der Waals surface area contributed by atoms with Gasteiger partial charge in [-0.3, -0.25) is 9.78 Å². The van der Waals surface area contributed by atoms with Crippen LogP contribution in [-0.2, 0) is 11.3 Å². The lowest BCUT2D eigenvalue weighted by Gasteiger charge is -2.28. The van der Waals surface area contributed by atoms with Gasteiger partial charge in [-0.25, -0.2) is 9.97 Å². The number of nitrogens with zero attached hydrogens (tertiary/aromatic N) is 4. The van der Waals surface area contributed by atoms with Gasteiger partial charge in [0.15, 0.2) is 0 Å². The topological polar surface area (TPSA) is 68.2 Å². The molecular formula is C20H24N4O2. The molecule has 0 N–H and O–H groups in total. The number of carbonyl (C=O) groups is 1. The van der Waals surface area contributed by atoms with E-state index in [-0.39, 0.29) is 17.1 Å². The molecule has 0 bridgehead atoms. The number of hydrogen-bond donors (Lipinski definition) is 0. The molecule has 6 nitrogen and oxygen atoms in total. The van der Waals surface area contributed by atoms with Gasteiger partial charge in [-0.2, -0.15) is 0 Å². The van der Waals surface area contributed by atoms with E-state index in [2.05, 4.69) is 21.0 Å².